The number of carbonyl (C=O) groups is 2. The molecule has 1 aromatic carbocycles. The Labute approximate surface area is 124 Å². The summed E-state index contributed by atoms with van der Waals surface area (Å²) in [6.07, 6.45) is 2.67. The zero-order valence-corrected chi connectivity index (χ0v) is 12.2. The molecular weight excluding hydrogens is 266 g/mol. The van der Waals surface area contributed by atoms with Gasteiger partial charge >= 0.3 is 0 Å². The number of piperidine rings is 1. The van der Waals surface area contributed by atoms with Gasteiger partial charge < -0.3 is 16.0 Å². The molecule has 3 rings (SSSR count). The summed E-state index contributed by atoms with van der Waals surface area (Å²) >= 11 is 0. The van der Waals surface area contributed by atoms with Crippen LogP contribution in [0.1, 0.15) is 35.7 Å². The van der Waals surface area contributed by atoms with Crippen LogP contribution in [0.3, 0.4) is 0 Å². The molecule has 2 heterocycles. The van der Waals surface area contributed by atoms with Crippen LogP contribution in [0.5, 0.6) is 0 Å². The van der Waals surface area contributed by atoms with E-state index in [1.165, 1.54) is 0 Å². The number of hydrogen-bond donors (Lipinski definition) is 3. The van der Waals surface area contributed by atoms with E-state index in [4.69, 9.17) is 0 Å². The topological polar surface area (TPSA) is 70.2 Å². The summed E-state index contributed by atoms with van der Waals surface area (Å²) in [5.74, 6) is 0.416. The van der Waals surface area contributed by atoms with Crippen LogP contribution in [0.2, 0.25) is 0 Å². The second-order valence-electron chi connectivity index (χ2n) is 5.97. The lowest BCUT2D eigenvalue weighted by Crippen LogP contribution is -2.44. The summed E-state index contributed by atoms with van der Waals surface area (Å²) < 4.78 is 0. The van der Waals surface area contributed by atoms with E-state index in [2.05, 4.69) is 22.9 Å². The Balaban J connectivity index is 1.65. The molecule has 2 amide bonds. The molecule has 21 heavy (non-hydrogen) atoms. The van der Waals surface area contributed by atoms with Gasteiger partial charge in [-0.3, -0.25) is 9.59 Å². The Morgan fingerprint density at radius 2 is 2.29 bits per heavy atom. The normalized spacial score (nSPS) is 22.3. The van der Waals surface area contributed by atoms with E-state index < -0.39 is 0 Å². The Morgan fingerprint density at radius 1 is 1.43 bits per heavy atom. The average Bonchev–Trinajstić information content (AvgIpc) is 2.87. The second kappa shape index (κ2) is 5.85. The molecule has 2 aliphatic rings. The van der Waals surface area contributed by atoms with Crippen molar-refractivity contribution in [1.82, 2.24) is 10.6 Å². The molecule has 1 saturated heterocycles. The third-order valence-corrected chi connectivity index (χ3v) is 4.39. The SMILES string of the molecule is CC(NC(=O)c1ccc2c(c1)CC(=O)N2)C1CCCNC1. The molecule has 2 atom stereocenters. The van der Waals surface area contributed by atoms with Crippen LogP contribution in [-0.2, 0) is 11.2 Å². The largest absolute Gasteiger partial charge is 0.349 e. The predicted molar refractivity (Wildman–Crippen MR) is 81.3 cm³/mol. The fraction of sp³-hybridized carbons (Fsp3) is 0.500. The third kappa shape index (κ3) is 3.08. The number of rotatable bonds is 3. The van der Waals surface area contributed by atoms with Crippen LogP contribution in [0.4, 0.5) is 5.69 Å². The van der Waals surface area contributed by atoms with Crippen molar-refractivity contribution in [3.8, 4) is 0 Å². The van der Waals surface area contributed by atoms with Crippen molar-refractivity contribution in [1.29, 1.82) is 0 Å². The number of nitrogens with one attached hydrogen (secondary N) is 3. The highest BCUT2D eigenvalue weighted by Crippen LogP contribution is 2.24. The van der Waals surface area contributed by atoms with Gasteiger partial charge in [0.25, 0.3) is 5.91 Å². The van der Waals surface area contributed by atoms with Gasteiger partial charge in [-0.05, 0) is 62.5 Å². The Bertz CT molecular complexity index is 565. The molecule has 0 radical (unpaired) electrons. The van der Waals surface area contributed by atoms with Gasteiger partial charge in [-0.2, -0.15) is 0 Å². The first-order valence-corrected chi connectivity index (χ1v) is 7.58. The van der Waals surface area contributed by atoms with Crippen molar-refractivity contribution in [3.05, 3.63) is 29.3 Å². The Kier molecular flexibility index (Phi) is 3.92. The van der Waals surface area contributed by atoms with Crippen molar-refractivity contribution in [2.75, 3.05) is 18.4 Å². The standard InChI is InChI=1S/C16H21N3O2/c1-10(12-3-2-6-17-9-12)18-16(21)11-4-5-14-13(7-11)8-15(20)19-14/h4-5,7,10,12,17H,2-3,6,8-9H2,1H3,(H,18,21)(H,19,20). The van der Waals surface area contributed by atoms with Crippen molar-refractivity contribution in [2.24, 2.45) is 5.92 Å². The summed E-state index contributed by atoms with van der Waals surface area (Å²) in [4.78, 5) is 23.7. The summed E-state index contributed by atoms with van der Waals surface area (Å²) in [5, 5.41) is 9.23. The van der Waals surface area contributed by atoms with E-state index in [0.717, 1.165) is 37.2 Å². The molecule has 1 aromatic rings. The maximum atomic E-state index is 12.3. The molecule has 2 unspecified atom stereocenters. The zero-order chi connectivity index (χ0) is 14.8. The fourth-order valence-electron chi connectivity index (χ4n) is 3.08. The minimum Gasteiger partial charge on any atom is -0.349 e. The van der Waals surface area contributed by atoms with Crippen LogP contribution >= 0.6 is 0 Å². The first-order valence-electron chi connectivity index (χ1n) is 7.58. The van der Waals surface area contributed by atoms with Crippen LogP contribution in [-0.4, -0.2) is 30.9 Å². The van der Waals surface area contributed by atoms with Gasteiger partial charge in [0.15, 0.2) is 0 Å². The van der Waals surface area contributed by atoms with Crippen LogP contribution in [0, 0.1) is 5.92 Å². The summed E-state index contributed by atoms with van der Waals surface area (Å²) in [5.41, 5.74) is 2.35. The maximum Gasteiger partial charge on any atom is 0.251 e. The van der Waals surface area contributed by atoms with E-state index >= 15 is 0 Å². The smallest absolute Gasteiger partial charge is 0.251 e. The minimum atomic E-state index is -0.0600. The van der Waals surface area contributed by atoms with E-state index in [0.29, 0.717) is 17.9 Å². The Hall–Kier alpha value is -1.88. The Morgan fingerprint density at radius 3 is 3.05 bits per heavy atom. The lowest BCUT2D eigenvalue weighted by Gasteiger charge is -2.29. The number of amides is 2. The molecule has 3 N–H and O–H groups in total. The molecule has 112 valence electrons. The number of benzene rings is 1. The molecule has 0 aliphatic carbocycles. The van der Waals surface area contributed by atoms with Gasteiger partial charge in [-0.15, -0.1) is 0 Å². The highest BCUT2D eigenvalue weighted by atomic mass is 16.2. The van der Waals surface area contributed by atoms with Gasteiger partial charge in [0, 0.05) is 17.3 Å². The van der Waals surface area contributed by atoms with Crippen LogP contribution < -0.4 is 16.0 Å². The predicted octanol–water partition coefficient (Wildman–Crippen LogP) is 1.30. The zero-order valence-electron chi connectivity index (χ0n) is 12.2. The molecule has 0 aromatic heterocycles. The quantitative estimate of drug-likeness (QED) is 0.785. The van der Waals surface area contributed by atoms with Gasteiger partial charge in [0.1, 0.15) is 0 Å². The number of carbonyl (C=O) groups excluding carboxylic acids is 2. The van der Waals surface area contributed by atoms with Gasteiger partial charge in [0.2, 0.25) is 5.91 Å². The summed E-state index contributed by atoms with van der Waals surface area (Å²) in [6.45, 7) is 4.10. The monoisotopic (exact) mass is 287 g/mol. The van der Waals surface area contributed by atoms with Gasteiger partial charge in [-0.1, -0.05) is 0 Å². The minimum absolute atomic E-state index is 0.00999. The van der Waals surface area contributed by atoms with E-state index in [1.54, 1.807) is 6.07 Å². The lowest BCUT2D eigenvalue weighted by atomic mass is 9.92. The molecule has 2 aliphatic heterocycles. The van der Waals surface area contributed by atoms with E-state index in [9.17, 15) is 9.59 Å². The molecule has 0 saturated carbocycles. The van der Waals surface area contributed by atoms with Crippen molar-refractivity contribution < 1.29 is 9.59 Å². The fourth-order valence-corrected chi connectivity index (χ4v) is 3.08. The summed E-state index contributed by atoms with van der Waals surface area (Å²) in [6, 6.07) is 5.54. The van der Waals surface area contributed by atoms with Gasteiger partial charge in [-0.25, -0.2) is 0 Å². The number of hydrogen-bond acceptors (Lipinski definition) is 3. The maximum absolute atomic E-state index is 12.3. The molecule has 0 spiro atoms. The molecule has 5 heteroatoms. The second-order valence-corrected chi connectivity index (χ2v) is 5.97. The third-order valence-electron chi connectivity index (χ3n) is 4.39. The van der Waals surface area contributed by atoms with Crippen LogP contribution in [0.25, 0.3) is 0 Å². The molecular formula is C16H21N3O2. The lowest BCUT2D eigenvalue weighted by molar-refractivity contribution is -0.115. The first-order chi connectivity index (χ1) is 10.1. The molecule has 1 fully saturated rings. The molecule has 5 nitrogen and oxygen atoms in total. The van der Waals surface area contributed by atoms with Crippen molar-refractivity contribution in [3.63, 3.8) is 0 Å². The average molecular weight is 287 g/mol. The van der Waals surface area contributed by atoms with Crippen molar-refractivity contribution in [2.45, 2.75) is 32.2 Å². The van der Waals surface area contributed by atoms with Crippen LogP contribution in [0.15, 0.2) is 18.2 Å². The van der Waals surface area contributed by atoms with E-state index in [-0.39, 0.29) is 17.9 Å². The number of anilines is 1. The molecule has 0 bridgehead atoms. The highest BCUT2D eigenvalue weighted by Gasteiger charge is 2.23. The van der Waals surface area contributed by atoms with E-state index in [1.807, 2.05) is 12.1 Å². The summed E-state index contributed by atoms with van der Waals surface area (Å²) in [7, 11) is 0. The first kappa shape index (κ1) is 14.1. The number of fused-ring (bicyclic) bond motifs is 1. The van der Waals surface area contributed by atoms with Crippen molar-refractivity contribution >= 4 is 17.5 Å². The van der Waals surface area contributed by atoms with Gasteiger partial charge in [0.05, 0.1) is 6.42 Å². The highest BCUT2D eigenvalue weighted by molar-refractivity contribution is 6.01.